The van der Waals surface area contributed by atoms with Crippen molar-refractivity contribution in [3.05, 3.63) is 18.3 Å². The van der Waals surface area contributed by atoms with E-state index in [1.54, 1.807) is 6.07 Å². The van der Waals surface area contributed by atoms with Crippen LogP contribution in [0.4, 0.5) is 5.82 Å². The number of nitrogens with zero attached hydrogens (tertiary/aromatic N) is 2. The number of sulfonamides is 1. The van der Waals surface area contributed by atoms with Crippen LogP contribution in [0.3, 0.4) is 0 Å². The summed E-state index contributed by atoms with van der Waals surface area (Å²) in [5.41, 5.74) is 5.57. The van der Waals surface area contributed by atoms with Crippen molar-refractivity contribution in [3.63, 3.8) is 0 Å². The summed E-state index contributed by atoms with van der Waals surface area (Å²) in [7, 11) is -3.57. The second-order valence-electron chi connectivity index (χ2n) is 4.22. The highest BCUT2D eigenvalue weighted by Crippen LogP contribution is 2.13. The smallest absolute Gasteiger partial charge is 0.244 e. The number of nitrogens with one attached hydrogen (secondary N) is 1. The Morgan fingerprint density at radius 2 is 2.11 bits per heavy atom. The maximum absolute atomic E-state index is 12.0. The molecule has 1 rings (SSSR count). The first-order valence-electron chi connectivity index (χ1n) is 6.43. The molecule has 0 unspecified atom stereocenters. The zero-order valence-electron chi connectivity index (χ0n) is 11.5. The molecule has 0 amide bonds. The van der Waals surface area contributed by atoms with E-state index in [-0.39, 0.29) is 10.7 Å². The van der Waals surface area contributed by atoms with Crippen molar-refractivity contribution in [1.29, 1.82) is 0 Å². The van der Waals surface area contributed by atoms with Crippen LogP contribution in [0.15, 0.2) is 23.2 Å². The second kappa shape index (κ2) is 7.42. The number of rotatable bonds is 8. The summed E-state index contributed by atoms with van der Waals surface area (Å²) in [5.74, 6) is 0.0240. The van der Waals surface area contributed by atoms with E-state index in [9.17, 15) is 8.42 Å². The highest BCUT2D eigenvalue weighted by molar-refractivity contribution is 7.89. The zero-order valence-corrected chi connectivity index (χ0v) is 12.3. The fourth-order valence-electron chi connectivity index (χ4n) is 1.79. The molecule has 1 heterocycles. The fourth-order valence-corrected chi connectivity index (χ4v) is 2.89. The van der Waals surface area contributed by atoms with Crippen molar-refractivity contribution < 1.29 is 8.42 Å². The van der Waals surface area contributed by atoms with Gasteiger partial charge < -0.3 is 10.6 Å². The maximum atomic E-state index is 12.0. The highest BCUT2D eigenvalue weighted by Gasteiger charge is 2.17. The Hall–Kier alpha value is -1.18. The van der Waals surface area contributed by atoms with Crippen molar-refractivity contribution in [2.75, 3.05) is 31.9 Å². The standard InChI is InChI=1S/C12H22N4O2S/c1-3-9-16(4-2)10-8-15-19(17,18)11-6-5-7-14-12(11)13/h5-7,15H,3-4,8-10H2,1-2H3,(H2,13,14). The van der Waals surface area contributed by atoms with Gasteiger partial charge in [0, 0.05) is 19.3 Å². The van der Waals surface area contributed by atoms with Crippen molar-refractivity contribution in [1.82, 2.24) is 14.6 Å². The van der Waals surface area contributed by atoms with Crippen LogP contribution in [0.25, 0.3) is 0 Å². The molecule has 0 spiro atoms. The van der Waals surface area contributed by atoms with Gasteiger partial charge in [-0.05, 0) is 31.6 Å². The third kappa shape index (κ3) is 4.77. The number of pyridine rings is 1. The SMILES string of the molecule is CCCN(CC)CCNS(=O)(=O)c1cccnc1N. The van der Waals surface area contributed by atoms with Crippen LogP contribution >= 0.6 is 0 Å². The van der Waals surface area contributed by atoms with Crippen LogP contribution in [-0.2, 0) is 10.0 Å². The maximum Gasteiger partial charge on any atom is 0.244 e. The van der Waals surface area contributed by atoms with Gasteiger partial charge in [0.25, 0.3) is 0 Å². The topological polar surface area (TPSA) is 88.3 Å². The number of anilines is 1. The summed E-state index contributed by atoms with van der Waals surface area (Å²) < 4.78 is 26.6. The first-order chi connectivity index (χ1) is 9.01. The lowest BCUT2D eigenvalue weighted by Gasteiger charge is -2.19. The molecule has 0 aromatic carbocycles. The van der Waals surface area contributed by atoms with Crippen LogP contribution in [0.1, 0.15) is 20.3 Å². The molecule has 0 saturated carbocycles. The molecule has 1 aromatic heterocycles. The molecular weight excluding hydrogens is 264 g/mol. The van der Waals surface area contributed by atoms with Crippen LogP contribution in [-0.4, -0.2) is 44.5 Å². The Labute approximate surface area is 115 Å². The predicted octanol–water partition coefficient (Wildman–Crippen LogP) is 0.674. The first-order valence-corrected chi connectivity index (χ1v) is 7.92. The van der Waals surface area contributed by atoms with E-state index in [4.69, 9.17) is 5.73 Å². The van der Waals surface area contributed by atoms with Crippen molar-refractivity contribution >= 4 is 15.8 Å². The minimum atomic E-state index is -3.57. The summed E-state index contributed by atoms with van der Waals surface area (Å²) in [4.78, 5) is 6.01. The van der Waals surface area contributed by atoms with Crippen LogP contribution in [0, 0.1) is 0 Å². The number of nitrogen functional groups attached to an aromatic ring is 1. The Morgan fingerprint density at radius 1 is 1.37 bits per heavy atom. The average molecular weight is 286 g/mol. The Morgan fingerprint density at radius 3 is 2.68 bits per heavy atom. The average Bonchev–Trinajstić information content (AvgIpc) is 2.38. The lowest BCUT2D eigenvalue weighted by molar-refractivity contribution is 0.293. The molecular formula is C12H22N4O2S. The molecule has 0 aliphatic carbocycles. The quantitative estimate of drug-likeness (QED) is 0.733. The number of hydrogen-bond acceptors (Lipinski definition) is 5. The van der Waals surface area contributed by atoms with E-state index in [2.05, 4.69) is 28.5 Å². The number of hydrogen-bond donors (Lipinski definition) is 2. The van der Waals surface area contributed by atoms with E-state index in [0.717, 1.165) is 19.5 Å². The molecule has 0 saturated heterocycles. The van der Waals surface area contributed by atoms with E-state index in [0.29, 0.717) is 13.1 Å². The van der Waals surface area contributed by atoms with Gasteiger partial charge >= 0.3 is 0 Å². The van der Waals surface area contributed by atoms with Gasteiger partial charge in [0.15, 0.2) is 0 Å². The molecule has 19 heavy (non-hydrogen) atoms. The normalized spacial score (nSPS) is 11.9. The number of nitrogens with two attached hydrogens (primary N) is 1. The van der Waals surface area contributed by atoms with Gasteiger partial charge in [-0.25, -0.2) is 18.1 Å². The second-order valence-corrected chi connectivity index (χ2v) is 5.95. The van der Waals surface area contributed by atoms with Crippen molar-refractivity contribution in [3.8, 4) is 0 Å². The van der Waals surface area contributed by atoms with Gasteiger partial charge in [-0.2, -0.15) is 0 Å². The van der Waals surface area contributed by atoms with Gasteiger partial charge in [0.1, 0.15) is 10.7 Å². The van der Waals surface area contributed by atoms with Crippen molar-refractivity contribution in [2.45, 2.75) is 25.2 Å². The van der Waals surface area contributed by atoms with Gasteiger partial charge in [0.05, 0.1) is 0 Å². The minimum absolute atomic E-state index is 0.0240. The van der Waals surface area contributed by atoms with Gasteiger partial charge in [0.2, 0.25) is 10.0 Å². The Balaban J connectivity index is 2.59. The van der Waals surface area contributed by atoms with Crippen LogP contribution in [0.5, 0.6) is 0 Å². The monoisotopic (exact) mass is 286 g/mol. The molecule has 0 atom stereocenters. The molecule has 7 heteroatoms. The summed E-state index contributed by atoms with van der Waals surface area (Å²) >= 11 is 0. The summed E-state index contributed by atoms with van der Waals surface area (Å²) in [6.45, 7) is 7.08. The van der Waals surface area contributed by atoms with Gasteiger partial charge in [-0.15, -0.1) is 0 Å². The zero-order chi connectivity index (χ0) is 14.3. The predicted molar refractivity (Wildman–Crippen MR) is 76.2 cm³/mol. The molecule has 6 nitrogen and oxygen atoms in total. The van der Waals surface area contributed by atoms with E-state index in [1.165, 1.54) is 12.3 Å². The number of likely N-dealkylation sites (N-methyl/N-ethyl adjacent to an activating group) is 1. The van der Waals surface area contributed by atoms with E-state index < -0.39 is 10.0 Å². The molecule has 0 bridgehead atoms. The molecule has 0 radical (unpaired) electrons. The molecule has 108 valence electrons. The molecule has 0 aliphatic heterocycles. The van der Waals surface area contributed by atoms with E-state index >= 15 is 0 Å². The van der Waals surface area contributed by atoms with E-state index in [1.807, 2.05) is 0 Å². The van der Waals surface area contributed by atoms with Gasteiger partial charge in [-0.3, -0.25) is 0 Å². The molecule has 3 N–H and O–H groups in total. The first kappa shape index (κ1) is 15.9. The lowest BCUT2D eigenvalue weighted by atomic mass is 10.4. The van der Waals surface area contributed by atoms with Gasteiger partial charge in [-0.1, -0.05) is 13.8 Å². The lowest BCUT2D eigenvalue weighted by Crippen LogP contribution is -2.35. The summed E-state index contributed by atoms with van der Waals surface area (Å²) in [6, 6.07) is 3.01. The fraction of sp³-hybridized carbons (Fsp3) is 0.583. The minimum Gasteiger partial charge on any atom is -0.383 e. The molecule has 1 aromatic rings. The third-order valence-electron chi connectivity index (χ3n) is 2.80. The number of aromatic nitrogens is 1. The van der Waals surface area contributed by atoms with Crippen LogP contribution in [0.2, 0.25) is 0 Å². The van der Waals surface area contributed by atoms with Crippen LogP contribution < -0.4 is 10.5 Å². The largest absolute Gasteiger partial charge is 0.383 e. The van der Waals surface area contributed by atoms with Crippen molar-refractivity contribution in [2.24, 2.45) is 0 Å². The third-order valence-corrected chi connectivity index (χ3v) is 4.30. The molecule has 0 fully saturated rings. The molecule has 0 aliphatic rings. The Kier molecular flexibility index (Phi) is 6.20. The summed E-state index contributed by atoms with van der Waals surface area (Å²) in [5, 5.41) is 0. The highest BCUT2D eigenvalue weighted by atomic mass is 32.2. The Bertz CT molecular complexity index is 490. The summed E-state index contributed by atoms with van der Waals surface area (Å²) in [6.07, 6.45) is 2.52.